The normalized spacial score (nSPS) is 16.3. The quantitative estimate of drug-likeness (QED) is 0.222. The number of anilines is 2. The van der Waals surface area contributed by atoms with Crippen LogP contribution in [-0.2, 0) is 28.5 Å². The number of rotatable bonds is 12. The SMILES string of the molecule is COc1c(NC(=O)c2cc3cccc(CCC(C)CCC(=O)[C@@H]4CCCN4C)c3n2C)cc(C(C)(C)C)cc1NC(=O)C(C)C. The highest BCUT2D eigenvalue weighted by Crippen LogP contribution is 2.39. The van der Waals surface area contributed by atoms with Crippen molar-refractivity contribution in [3.8, 4) is 5.75 Å². The molecule has 244 valence electrons. The standard InChI is InChI=1S/C37H52N4O4/c1-23(2)35(43)38-28-21-27(37(4,5)6)22-29(34(28)45-9)39-36(44)31-20-26-13-10-12-25(33(26)41(31)8)17-15-24(3)16-18-32(42)30-14-11-19-40(30)7/h10,12-13,20-24,30H,11,14-19H2,1-9H3,(H,38,43)(H,39,44)/t24?,30-/m0/s1. The molecule has 0 radical (unpaired) electrons. The number of methoxy groups -OCH3 is 1. The molecule has 0 bridgehead atoms. The van der Waals surface area contributed by atoms with E-state index >= 15 is 0 Å². The summed E-state index contributed by atoms with van der Waals surface area (Å²) in [5.41, 5.74) is 4.54. The van der Waals surface area contributed by atoms with Crippen LogP contribution < -0.4 is 15.4 Å². The molecule has 2 amide bonds. The maximum absolute atomic E-state index is 13.8. The number of ether oxygens (including phenoxy) is 1. The van der Waals surface area contributed by atoms with Gasteiger partial charge in [0, 0.05) is 24.8 Å². The van der Waals surface area contributed by atoms with E-state index in [0.29, 0.717) is 40.9 Å². The lowest BCUT2D eigenvalue weighted by Crippen LogP contribution is -2.32. The molecular weight excluding hydrogens is 564 g/mol. The zero-order valence-corrected chi connectivity index (χ0v) is 28.7. The molecule has 1 aliphatic rings. The fourth-order valence-corrected chi connectivity index (χ4v) is 6.27. The molecule has 2 heterocycles. The minimum Gasteiger partial charge on any atom is -0.492 e. The molecule has 8 nitrogen and oxygen atoms in total. The van der Waals surface area contributed by atoms with Crippen LogP contribution in [-0.4, -0.2) is 53.8 Å². The number of benzene rings is 2. The van der Waals surface area contributed by atoms with Gasteiger partial charge in [0.15, 0.2) is 5.75 Å². The maximum atomic E-state index is 13.8. The van der Waals surface area contributed by atoms with Crippen molar-refractivity contribution < 1.29 is 19.1 Å². The number of hydrogen-bond acceptors (Lipinski definition) is 5. The predicted octanol–water partition coefficient (Wildman–Crippen LogP) is 7.34. The number of aromatic nitrogens is 1. The van der Waals surface area contributed by atoms with E-state index in [1.54, 1.807) is 7.11 Å². The Morgan fingerprint density at radius 2 is 1.69 bits per heavy atom. The van der Waals surface area contributed by atoms with Gasteiger partial charge in [0.05, 0.1) is 30.0 Å². The van der Waals surface area contributed by atoms with Gasteiger partial charge in [-0.25, -0.2) is 0 Å². The van der Waals surface area contributed by atoms with Crippen molar-refractivity contribution in [3.05, 3.63) is 53.2 Å². The van der Waals surface area contributed by atoms with Crippen LogP contribution in [0.5, 0.6) is 5.75 Å². The van der Waals surface area contributed by atoms with E-state index in [2.05, 4.69) is 56.3 Å². The number of Topliss-reactive ketones (excluding diaryl/α,β-unsaturated/α-hetero) is 1. The third-order valence-corrected chi connectivity index (χ3v) is 9.24. The first-order valence-electron chi connectivity index (χ1n) is 16.4. The lowest BCUT2D eigenvalue weighted by Gasteiger charge is -2.24. The third kappa shape index (κ3) is 7.96. The molecule has 2 N–H and O–H groups in total. The highest BCUT2D eigenvalue weighted by Gasteiger charge is 2.28. The fraction of sp³-hybridized carbons (Fsp3) is 0.541. The Hall–Kier alpha value is -3.65. The topological polar surface area (TPSA) is 92.7 Å². The Bertz CT molecular complexity index is 1550. The van der Waals surface area contributed by atoms with Crippen molar-refractivity contribution >= 4 is 39.9 Å². The van der Waals surface area contributed by atoms with Gasteiger partial charge >= 0.3 is 0 Å². The predicted molar refractivity (Wildman–Crippen MR) is 183 cm³/mol. The van der Waals surface area contributed by atoms with Crippen LogP contribution >= 0.6 is 0 Å². The van der Waals surface area contributed by atoms with Crippen LogP contribution in [0.4, 0.5) is 11.4 Å². The van der Waals surface area contributed by atoms with Crippen LogP contribution in [0, 0.1) is 11.8 Å². The fourth-order valence-electron chi connectivity index (χ4n) is 6.27. The van der Waals surface area contributed by atoms with Gasteiger partial charge in [-0.05, 0) is 86.4 Å². The molecule has 0 aliphatic carbocycles. The Kier molecular flexibility index (Phi) is 10.8. The van der Waals surface area contributed by atoms with Crippen molar-refractivity contribution in [2.45, 2.75) is 91.5 Å². The molecule has 1 aromatic heterocycles. The molecule has 1 aliphatic heterocycles. The molecule has 0 saturated carbocycles. The number of carbonyl (C=O) groups excluding carboxylic acids is 3. The summed E-state index contributed by atoms with van der Waals surface area (Å²) in [6.07, 6.45) is 5.47. The number of hydrogen-bond donors (Lipinski definition) is 2. The van der Waals surface area contributed by atoms with Gasteiger partial charge in [-0.1, -0.05) is 59.7 Å². The summed E-state index contributed by atoms with van der Waals surface area (Å²) in [4.78, 5) is 41.4. The van der Waals surface area contributed by atoms with Crippen LogP contribution in [0.3, 0.4) is 0 Å². The highest BCUT2D eigenvalue weighted by molar-refractivity contribution is 6.08. The van der Waals surface area contributed by atoms with E-state index in [4.69, 9.17) is 4.74 Å². The van der Waals surface area contributed by atoms with E-state index in [9.17, 15) is 14.4 Å². The molecule has 2 atom stereocenters. The molecule has 2 aromatic carbocycles. The zero-order chi connectivity index (χ0) is 33.1. The van der Waals surface area contributed by atoms with E-state index < -0.39 is 0 Å². The zero-order valence-electron chi connectivity index (χ0n) is 28.7. The van der Waals surface area contributed by atoms with Gasteiger partial charge in [0.2, 0.25) is 5.91 Å². The van der Waals surface area contributed by atoms with Crippen molar-refractivity contribution in [1.29, 1.82) is 0 Å². The lowest BCUT2D eigenvalue weighted by atomic mass is 9.86. The summed E-state index contributed by atoms with van der Waals surface area (Å²) in [7, 11) is 5.52. The Morgan fingerprint density at radius 1 is 1.00 bits per heavy atom. The highest BCUT2D eigenvalue weighted by atomic mass is 16.5. The number of amides is 2. The molecule has 3 aromatic rings. The van der Waals surface area contributed by atoms with E-state index in [1.165, 1.54) is 5.56 Å². The van der Waals surface area contributed by atoms with Gasteiger partial charge in [-0.2, -0.15) is 0 Å². The van der Waals surface area contributed by atoms with E-state index in [-0.39, 0.29) is 29.2 Å². The first-order valence-corrected chi connectivity index (χ1v) is 16.4. The second-order valence-electron chi connectivity index (χ2n) is 14.2. The summed E-state index contributed by atoms with van der Waals surface area (Å²) in [6, 6.07) is 12.1. The molecule has 1 saturated heterocycles. The average molecular weight is 617 g/mol. The number of nitrogens with one attached hydrogen (secondary N) is 2. The average Bonchev–Trinajstić information content (AvgIpc) is 3.57. The van der Waals surface area contributed by atoms with Crippen molar-refractivity contribution in [3.63, 3.8) is 0 Å². The largest absolute Gasteiger partial charge is 0.492 e. The third-order valence-electron chi connectivity index (χ3n) is 9.24. The minimum absolute atomic E-state index is 0.0974. The summed E-state index contributed by atoms with van der Waals surface area (Å²) in [5.74, 6) is 0.624. The number of likely N-dealkylation sites (N-methyl/N-ethyl adjacent to an activating group) is 1. The van der Waals surface area contributed by atoms with Crippen molar-refractivity contribution in [1.82, 2.24) is 9.47 Å². The Labute approximate surface area is 268 Å². The Morgan fingerprint density at radius 3 is 2.29 bits per heavy atom. The number of ketones is 1. The number of aryl methyl sites for hydroxylation is 2. The van der Waals surface area contributed by atoms with Gasteiger partial charge in [0.25, 0.3) is 5.91 Å². The smallest absolute Gasteiger partial charge is 0.272 e. The van der Waals surface area contributed by atoms with Crippen LogP contribution in [0.15, 0.2) is 36.4 Å². The maximum Gasteiger partial charge on any atom is 0.272 e. The number of fused-ring (bicyclic) bond motifs is 1. The summed E-state index contributed by atoms with van der Waals surface area (Å²) >= 11 is 0. The molecule has 4 rings (SSSR count). The molecule has 1 fully saturated rings. The first kappa shape index (κ1) is 34.2. The van der Waals surface area contributed by atoms with Crippen LogP contribution in [0.1, 0.15) is 95.3 Å². The summed E-state index contributed by atoms with van der Waals surface area (Å²) < 4.78 is 7.70. The second-order valence-corrected chi connectivity index (χ2v) is 14.2. The van der Waals surface area contributed by atoms with Crippen molar-refractivity contribution in [2.75, 3.05) is 31.3 Å². The summed E-state index contributed by atoms with van der Waals surface area (Å²) in [6.45, 7) is 13.2. The number of likely N-dealkylation sites (tertiary alicyclic amines) is 1. The molecular formula is C37H52N4O4. The van der Waals surface area contributed by atoms with E-state index in [1.807, 2.05) is 55.8 Å². The van der Waals surface area contributed by atoms with E-state index in [0.717, 1.165) is 55.1 Å². The second kappa shape index (κ2) is 14.2. The van der Waals surface area contributed by atoms with Crippen molar-refractivity contribution in [2.24, 2.45) is 18.9 Å². The van der Waals surface area contributed by atoms with Crippen LogP contribution in [0.2, 0.25) is 0 Å². The van der Waals surface area contributed by atoms with Gasteiger partial charge < -0.3 is 19.9 Å². The molecule has 0 spiro atoms. The number of para-hydroxylation sites is 1. The first-order chi connectivity index (χ1) is 21.2. The van der Waals surface area contributed by atoms with Gasteiger partial charge in [0.1, 0.15) is 11.5 Å². The molecule has 1 unspecified atom stereocenters. The molecule has 8 heteroatoms. The van der Waals surface area contributed by atoms with Gasteiger partial charge in [-0.3, -0.25) is 19.3 Å². The monoisotopic (exact) mass is 616 g/mol. The summed E-state index contributed by atoms with van der Waals surface area (Å²) in [5, 5.41) is 7.07. The number of nitrogens with zero attached hydrogens (tertiary/aromatic N) is 2. The lowest BCUT2D eigenvalue weighted by molar-refractivity contribution is -0.123. The Balaban J connectivity index is 1.54. The number of carbonyl (C=O) groups is 3. The van der Waals surface area contributed by atoms with Gasteiger partial charge in [-0.15, -0.1) is 0 Å². The van der Waals surface area contributed by atoms with Crippen LogP contribution in [0.25, 0.3) is 10.9 Å². The molecule has 45 heavy (non-hydrogen) atoms. The minimum atomic E-state index is -0.256.